The topological polar surface area (TPSA) is 85.1 Å². The third-order valence-electron chi connectivity index (χ3n) is 6.75. The molecule has 38 heavy (non-hydrogen) atoms. The number of benzene rings is 1. The van der Waals surface area contributed by atoms with E-state index in [4.69, 9.17) is 9.47 Å². The van der Waals surface area contributed by atoms with Crippen molar-refractivity contribution in [1.82, 2.24) is 19.4 Å². The van der Waals surface area contributed by atoms with Crippen LogP contribution in [0.3, 0.4) is 0 Å². The van der Waals surface area contributed by atoms with Crippen molar-refractivity contribution in [3.05, 3.63) is 65.6 Å². The van der Waals surface area contributed by atoms with E-state index in [9.17, 15) is 13.6 Å². The zero-order chi connectivity index (χ0) is 26.6. The number of hydrogen-bond acceptors (Lipinski definition) is 7. The summed E-state index contributed by atoms with van der Waals surface area (Å²) >= 11 is 0. The maximum atomic E-state index is 15.2. The normalized spacial score (nSPS) is 17.6. The molecule has 1 atom stereocenters. The van der Waals surface area contributed by atoms with Gasteiger partial charge in [0.25, 0.3) is 5.91 Å². The minimum Gasteiger partial charge on any atom is -0.476 e. The minimum absolute atomic E-state index is 0.0191. The van der Waals surface area contributed by atoms with Gasteiger partial charge in [0.15, 0.2) is 17.7 Å². The summed E-state index contributed by atoms with van der Waals surface area (Å²) < 4.78 is 56.1. The fourth-order valence-electron chi connectivity index (χ4n) is 4.76. The van der Waals surface area contributed by atoms with Crippen molar-refractivity contribution in [3.63, 3.8) is 0 Å². The second-order valence-electron chi connectivity index (χ2n) is 9.20. The number of rotatable bonds is 4. The Labute approximate surface area is 215 Å². The third-order valence-corrected chi connectivity index (χ3v) is 6.75. The third kappa shape index (κ3) is 4.10. The first-order valence-electron chi connectivity index (χ1n) is 12.1. The number of anilines is 2. The van der Waals surface area contributed by atoms with Gasteiger partial charge in [0, 0.05) is 61.0 Å². The van der Waals surface area contributed by atoms with Gasteiger partial charge in [-0.2, -0.15) is 0 Å². The van der Waals surface area contributed by atoms with Gasteiger partial charge in [-0.05, 0) is 13.8 Å². The Hall–Kier alpha value is -4.19. The first-order chi connectivity index (χ1) is 18.3. The van der Waals surface area contributed by atoms with E-state index in [1.54, 1.807) is 29.9 Å². The van der Waals surface area contributed by atoms with Crippen molar-refractivity contribution < 1.29 is 27.4 Å². The number of fused-ring (bicyclic) bond motifs is 2. The van der Waals surface area contributed by atoms with Crippen LogP contribution in [0.4, 0.5) is 24.8 Å². The van der Waals surface area contributed by atoms with Crippen LogP contribution in [0.2, 0.25) is 0 Å². The zero-order valence-electron chi connectivity index (χ0n) is 20.6. The molecule has 0 N–H and O–H groups in total. The van der Waals surface area contributed by atoms with Crippen LogP contribution in [-0.4, -0.2) is 57.7 Å². The van der Waals surface area contributed by atoms with E-state index in [-0.39, 0.29) is 23.5 Å². The van der Waals surface area contributed by atoms with Crippen LogP contribution in [0.1, 0.15) is 18.3 Å². The summed E-state index contributed by atoms with van der Waals surface area (Å²) in [7, 11) is 0. The van der Waals surface area contributed by atoms with Crippen molar-refractivity contribution in [2.24, 2.45) is 0 Å². The first kappa shape index (κ1) is 24.2. The molecule has 0 aliphatic carbocycles. The molecule has 0 unspecified atom stereocenters. The number of aromatic nitrogens is 4. The molecule has 0 radical (unpaired) electrons. The summed E-state index contributed by atoms with van der Waals surface area (Å²) in [6, 6.07) is 3.05. The number of carbonyl (C=O) groups excluding carboxylic acids is 1. The molecule has 6 rings (SSSR count). The molecule has 0 spiro atoms. The van der Waals surface area contributed by atoms with E-state index in [1.165, 1.54) is 17.9 Å². The molecule has 12 heteroatoms. The number of aryl methyl sites for hydroxylation is 1. The van der Waals surface area contributed by atoms with E-state index in [1.807, 2.05) is 4.90 Å². The Morgan fingerprint density at radius 1 is 1.05 bits per heavy atom. The fraction of sp³-hybridized carbons (Fsp3) is 0.308. The number of pyridine rings is 1. The average Bonchev–Trinajstić information content (AvgIpc) is 3.21. The fourth-order valence-corrected chi connectivity index (χ4v) is 4.76. The lowest BCUT2D eigenvalue weighted by molar-refractivity contribution is -0.125. The van der Waals surface area contributed by atoms with Gasteiger partial charge in [0.05, 0.1) is 36.8 Å². The monoisotopic (exact) mass is 524 g/mol. The van der Waals surface area contributed by atoms with E-state index < -0.39 is 29.5 Å². The van der Waals surface area contributed by atoms with Gasteiger partial charge in [-0.3, -0.25) is 9.69 Å². The van der Waals surface area contributed by atoms with E-state index >= 15 is 4.39 Å². The van der Waals surface area contributed by atoms with Crippen LogP contribution in [-0.2, 0) is 16.1 Å². The Bertz CT molecular complexity index is 1550. The largest absolute Gasteiger partial charge is 0.476 e. The molecule has 1 aromatic carbocycles. The number of halogens is 3. The van der Waals surface area contributed by atoms with Gasteiger partial charge in [0.1, 0.15) is 17.3 Å². The van der Waals surface area contributed by atoms with Crippen LogP contribution >= 0.6 is 0 Å². The molecular weight excluding hydrogens is 501 g/mol. The maximum absolute atomic E-state index is 15.2. The van der Waals surface area contributed by atoms with Crippen LogP contribution < -0.4 is 14.5 Å². The van der Waals surface area contributed by atoms with Crippen molar-refractivity contribution in [1.29, 1.82) is 0 Å². The Kier molecular flexibility index (Phi) is 5.90. The molecule has 4 aromatic rings. The summed E-state index contributed by atoms with van der Waals surface area (Å²) in [4.78, 5) is 29.5. The predicted octanol–water partition coefficient (Wildman–Crippen LogP) is 3.67. The lowest BCUT2D eigenvalue weighted by Crippen LogP contribution is -2.44. The van der Waals surface area contributed by atoms with E-state index in [0.29, 0.717) is 60.9 Å². The van der Waals surface area contributed by atoms with Gasteiger partial charge in [0.2, 0.25) is 5.95 Å². The molecule has 3 aromatic heterocycles. The zero-order valence-corrected chi connectivity index (χ0v) is 20.6. The second kappa shape index (κ2) is 9.28. The smallest absolute Gasteiger partial charge is 0.268 e. The number of carbonyl (C=O) groups is 1. The highest BCUT2D eigenvalue weighted by molar-refractivity contribution is 5.99. The molecule has 1 fully saturated rings. The molecule has 2 aliphatic rings. The van der Waals surface area contributed by atoms with Gasteiger partial charge >= 0.3 is 0 Å². The summed E-state index contributed by atoms with van der Waals surface area (Å²) in [6.45, 7) is 5.69. The standard InChI is InChI=1S/C26H23F3N6O3/c1-14-22(13-35-21-8-17(27)7-20(29)24(21)38-15(2)25(35)36)34-12-18(19(28)9-23(34)32-14)16-10-30-26(31-11-16)33-3-5-37-6-4-33/h7-12,15H,3-6,13H2,1-2H3/t15-/m1/s1. The number of amides is 1. The number of morpholine rings is 1. The maximum Gasteiger partial charge on any atom is 0.268 e. The molecule has 196 valence electrons. The molecular formula is C26H23F3N6O3. The Balaban J connectivity index is 1.39. The molecule has 1 amide bonds. The number of imidazole rings is 1. The molecule has 2 aliphatic heterocycles. The van der Waals surface area contributed by atoms with Gasteiger partial charge < -0.3 is 18.8 Å². The van der Waals surface area contributed by atoms with Crippen molar-refractivity contribution in [3.8, 4) is 16.9 Å². The quantitative estimate of drug-likeness (QED) is 0.403. The van der Waals surface area contributed by atoms with E-state index in [2.05, 4.69) is 15.0 Å². The van der Waals surface area contributed by atoms with Crippen molar-refractivity contribution >= 4 is 23.2 Å². The SMILES string of the molecule is Cc1nc2cc(F)c(-c3cnc(N4CCOCC4)nc3)cn2c1CN1C(=O)[C@@H](C)Oc2c(F)cc(F)cc21. The highest BCUT2D eigenvalue weighted by Crippen LogP contribution is 2.38. The summed E-state index contributed by atoms with van der Waals surface area (Å²) in [6.07, 6.45) is 3.70. The summed E-state index contributed by atoms with van der Waals surface area (Å²) in [5, 5.41) is 0. The molecule has 5 heterocycles. The van der Waals surface area contributed by atoms with Crippen molar-refractivity contribution in [2.75, 3.05) is 36.1 Å². The highest BCUT2D eigenvalue weighted by Gasteiger charge is 2.35. The number of hydrogen-bond donors (Lipinski definition) is 0. The lowest BCUT2D eigenvalue weighted by Gasteiger charge is -2.33. The molecule has 0 saturated carbocycles. The van der Waals surface area contributed by atoms with Crippen LogP contribution in [0.25, 0.3) is 16.8 Å². The van der Waals surface area contributed by atoms with Crippen LogP contribution in [0.15, 0.2) is 36.8 Å². The Morgan fingerprint density at radius 2 is 1.79 bits per heavy atom. The van der Waals surface area contributed by atoms with Gasteiger partial charge in [-0.1, -0.05) is 0 Å². The summed E-state index contributed by atoms with van der Waals surface area (Å²) in [5.41, 5.74) is 2.09. The van der Waals surface area contributed by atoms with Gasteiger partial charge in [-0.15, -0.1) is 0 Å². The minimum atomic E-state index is -0.975. The van der Waals surface area contributed by atoms with Crippen LogP contribution in [0.5, 0.6) is 5.75 Å². The highest BCUT2D eigenvalue weighted by atomic mass is 19.1. The Morgan fingerprint density at radius 3 is 2.53 bits per heavy atom. The molecule has 0 bridgehead atoms. The molecule has 9 nitrogen and oxygen atoms in total. The summed E-state index contributed by atoms with van der Waals surface area (Å²) in [5.74, 6) is -2.38. The average molecular weight is 525 g/mol. The van der Waals surface area contributed by atoms with Gasteiger partial charge in [-0.25, -0.2) is 28.1 Å². The number of ether oxygens (including phenoxy) is 2. The number of nitrogens with zero attached hydrogens (tertiary/aromatic N) is 6. The second-order valence-corrected chi connectivity index (χ2v) is 9.20. The predicted molar refractivity (Wildman–Crippen MR) is 132 cm³/mol. The van der Waals surface area contributed by atoms with E-state index in [0.717, 1.165) is 6.07 Å². The van der Waals surface area contributed by atoms with Crippen molar-refractivity contribution in [2.45, 2.75) is 26.5 Å². The van der Waals surface area contributed by atoms with Crippen LogP contribution in [0, 0.1) is 24.4 Å². The lowest BCUT2D eigenvalue weighted by atomic mass is 10.1. The first-order valence-corrected chi connectivity index (χ1v) is 12.1. The molecule has 1 saturated heterocycles.